The number of aromatic nitrogens is 1. The smallest absolute Gasteiger partial charge is 0.391 e. The molecule has 0 saturated heterocycles. The third kappa shape index (κ3) is 3.36. The molecule has 2 heterocycles. The molecule has 0 fully saturated rings. The van der Waals surface area contributed by atoms with Gasteiger partial charge in [0.1, 0.15) is 5.69 Å². The second kappa shape index (κ2) is 6.14. The highest BCUT2D eigenvalue weighted by Gasteiger charge is 2.24. The Morgan fingerprint density at radius 3 is 2.48 bits per heavy atom. The van der Waals surface area contributed by atoms with Gasteiger partial charge in [-0.2, -0.15) is 0 Å². The first-order valence-electron chi connectivity index (χ1n) is 6.45. The molecule has 3 aromatic rings. The van der Waals surface area contributed by atoms with Crippen LogP contribution in [-0.4, -0.2) is 21.0 Å². The van der Waals surface area contributed by atoms with Crippen molar-refractivity contribution < 1.29 is 18.8 Å². The highest BCUT2D eigenvalue weighted by Crippen LogP contribution is 2.41. The maximum absolute atomic E-state index is 11.3. The van der Waals surface area contributed by atoms with Crippen molar-refractivity contribution in [3.63, 3.8) is 0 Å². The molecule has 0 atom stereocenters. The summed E-state index contributed by atoms with van der Waals surface area (Å²) in [6.07, 6.45) is 2.00. The Morgan fingerprint density at radius 2 is 1.91 bits per heavy atom. The maximum Gasteiger partial charge on any atom is 0.391 e. The number of nitrogens with two attached hydrogens (primary N) is 1. The van der Waals surface area contributed by atoms with Crippen molar-refractivity contribution in [1.82, 2.24) is 4.98 Å². The lowest BCUT2D eigenvalue weighted by molar-refractivity contribution is 0.377. The van der Waals surface area contributed by atoms with Gasteiger partial charge in [-0.05, 0) is 36.1 Å². The quantitative estimate of drug-likeness (QED) is 0.479. The van der Waals surface area contributed by atoms with Gasteiger partial charge in [0.15, 0.2) is 10.9 Å². The number of thiazole rings is 1. The van der Waals surface area contributed by atoms with Crippen LogP contribution in [0, 0.1) is 0 Å². The average molecular weight is 368 g/mol. The molecule has 0 spiro atoms. The molecule has 0 aliphatic carbocycles. The second-order valence-electron chi connectivity index (χ2n) is 4.64. The van der Waals surface area contributed by atoms with Crippen LogP contribution in [0.15, 0.2) is 45.7 Å². The van der Waals surface area contributed by atoms with Crippen molar-refractivity contribution in [3.8, 4) is 21.9 Å². The highest BCUT2D eigenvalue weighted by molar-refractivity contribution is 7.98. The van der Waals surface area contributed by atoms with Crippen LogP contribution in [0.25, 0.3) is 21.9 Å². The molecule has 120 valence electrons. The van der Waals surface area contributed by atoms with E-state index in [2.05, 4.69) is 4.98 Å². The van der Waals surface area contributed by atoms with Gasteiger partial charge < -0.3 is 19.9 Å². The van der Waals surface area contributed by atoms with Gasteiger partial charge in [-0.15, -0.1) is 11.8 Å². The molecule has 9 heteroatoms. The topological polar surface area (TPSA) is 110 Å². The molecule has 1 aromatic carbocycles. The van der Waals surface area contributed by atoms with Crippen LogP contribution in [0.2, 0.25) is 0 Å². The zero-order chi connectivity index (χ0) is 16.6. The standard InChI is InChI=1S/C14H13N2O4PS2/c1-22-9-4-2-8(3-5-9)13-12(16-14(15)23-13)10-6-7-11(20-10)21(17,18)19/h2-7H,1H3,(H2,15,16)(H2,17,18,19). The number of hydrogen-bond acceptors (Lipinski definition) is 6. The van der Waals surface area contributed by atoms with E-state index in [0.717, 1.165) is 15.3 Å². The summed E-state index contributed by atoms with van der Waals surface area (Å²) in [5.41, 5.74) is 6.82. The molecule has 0 unspecified atom stereocenters. The van der Waals surface area contributed by atoms with E-state index < -0.39 is 7.60 Å². The van der Waals surface area contributed by atoms with Crippen molar-refractivity contribution in [2.24, 2.45) is 0 Å². The summed E-state index contributed by atoms with van der Waals surface area (Å²) in [6, 6.07) is 10.6. The zero-order valence-electron chi connectivity index (χ0n) is 12.0. The summed E-state index contributed by atoms with van der Waals surface area (Å²) < 4.78 is 16.5. The summed E-state index contributed by atoms with van der Waals surface area (Å²) in [7, 11) is -4.43. The summed E-state index contributed by atoms with van der Waals surface area (Å²) in [5, 5.41) is 0.359. The molecule has 4 N–H and O–H groups in total. The molecule has 6 nitrogen and oxygen atoms in total. The molecule has 0 aliphatic rings. The fourth-order valence-corrected chi connectivity index (χ4v) is 3.79. The predicted octanol–water partition coefficient (Wildman–Crippen LogP) is 3.18. The number of rotatable bonds is 4. The maximum atomic E-state index is 11.3. The first-order valence-corrected chi connectivity index (χ1v) is 10.1. The summed E-state index contributed by atoms with van der Waals surface area (Å²) in [4.78, 5) is 24.5. The van der Waals surface area contributed by atoms with E-state index >= 15 is 0 Å². The first kappa shape index (κ1) is 16.3. The lowest BCUT2D eigenvalue weighted by Crippen LogP contribution is -1.98. The molecule has 3 rings (SSSR count). The van der Waals surface area contributed by atoms with E-state index in [4.69, 9.17) is 10.2 Å². The van der Waals surface area contributed by atoms with Crippen LogP contribution in [0.1, 0.15) is 0 Å². The number of hydrogen-bond donors (Lipinski definition) is 3. The van der Waals surface area contributed by atoms with Crippen molar-refractivity contribution in [1.29, 1.82) is 0 Å². The predicted molar refractivity (Wildman–Crippen MR) is 93.1 cm³/mol. The highest BCUT2D eigenvalue weighted by atomic mass is 32.2. The van der Waals surface area contributed by atoms with Crippen LogP contribution in [0.3, 0.4) is 0 Å². The number of benzene rings is 1. The number of furan rings is 1. The van der Waals surface area contributed by atoms with E-state index in [0.29, 0.717) is 10.8 Å². The second-order valence-corrected chi connectivity index (χ2v) is 8.08. The Kier molecular flexibility index (Phi) is 4.35. The minimum Gasteiger partial charge on any atom is -0.446 e. The average Bonchev–Trinajstić information content (AvgIpc) is 3.13. The fourth-order valence-electron chi connectivity index (χ4n) is 2.05. The van der Waals surface area contributed by atoms with Gasteiger partial charge in [0.25, 0.3) is 0 Å². The van der Waals surface area contributed by atoms with Crippen LogP contribution in [0.4, 0.5) is 5.13 Å². The van der Waals surface area contributed by atoms with Crippen molar-refractivity contribution in [2.75, 3.05) is 12.0 Å². The van der Waals surface area contributed by atoms with Gasteiger partial charge in [-0.3, -0.25) is 4.57 Å². The Labute approximate surface area is 140 Å². The van der Waals surface area contributed by atoms with Gasteiger partial charge in [0, 0.05) is 4.90 Å². The van der Waals surface area contributed by atoms with Crippen LogP contribution < -0.4 is 11.2 Å². The summed E-state index contributed by atoms with van der Waals surface area (Å²) >= 11 is 2.94. The Morgan fingerprint density at radius 1 is 1.22 bits per heavy atom. The van der Waals surface area contributed by atoms with Crippen LogP contribution in [0.5, 0.6) is 0 Å². The van der Waals surface area contributed by atoms with E-state index in [-0.39, 0.29) is 11.3 Å². The number of thioether (sulfide) groups is 1. The zero-order valence-corrected chi connectivity index (χ0v) is 14.5. The van der Waals surface area contributed by atoms with Gasteiger partial charge in [0.2, 0.25) is 5.50 Å². The minimum absolute atomic E-state index is 0.278. The molecule has 0 amide bonds. The molecule has 23 heavy (non-hydrogen) atoms. The van der Waals surface area contributed by atoms with Crippen molar-refractivity contribution in [2.45, 2.75) is 4.90 Å². The molecule has 0 aliphatic heterocycles. The van der Waals surface area contributed by atoms with Crippen LogP contribution in [-0.2, 0) is 4.57 Å². The van der Waals surface area contributed by atoms with Gasteiger partial charge >= 0.3 is 7.60 Å². The third-order valence-electron chi connectivity index (χ3n) is 3.11. The number of anilines is 1. The fraction of sp³-hybridized carbons (Fsp3) is 0.0714. The molecule has 2 aromatic heterocycles. The molecule has 0 saturated carbocycles. The van der Waals surface area contributed by atoms with Gasteiger partial charge in [-0.25, -0.2) is 4.98 Å². The Hall–Kier alpha value is -1.57. The van der Waals surface area contributed by atoms with E-state index in [1.807, 2.05) is 30.5 Å². The minimum atomic E-state index is -4.43. The third-order valence-corrected chi connectivity index (χ3v) is 5.60. The van der Waals surface area contributed by atoms with Crippen molar-refractivity contribution in [3.05, 3.63) is 36.4 Å². The first-order chi connectivity index (χ1) is 10.9. The van der Waals surface area contributed by atoms with E-state index in [9.17, 15) is 14.4 Å². The molecular formula is C14H13N2O4PS2. The van der Waals surface area contributed by atoms with E-state index in [1.54, 1.807) is 11.8 Å². The number of nitrogens with zero attached hydrogens (tertiary/aromatic N) is 1. The lowest BCUT2D eigenvalue weighted by atomic mass is 10.1. The Balaban J connectivity index is 2.07. The summed E-state index contributed by atoms with van der Waals surface area (Å²) in [6.45, 7) is 0. The van der Waals surface area contributed by atoms with Crippen LogP contribution >= 0.6 is 30.7 Å². The largest absolute Gasteiger partial charge is 0.446 e. The van der Waals surface area contributed by atoms with E-state index in [1.165, 1.54) is 23.5 Å². The lowest BCUT2D eigenvalue weighted by Gasteiger charge is -2.02. The SMILES string of the molecule is CSc1ccc(-c2sc(N)nc2-c2ccc(P(=O)(O)O)o2)cc1. The normalized spacial score (nSPS) is 11.8. The van der Waals surface area contributed by atoms with Gasteiger partial charge in [-0.1, -0.05) is 23.5 Å². The molecular weight excluding hydrogens is 355 g/mol. The Bertz CT molecular complexity index is 883. The molecule has 0 bridgehead atoms. The van der Waals surface area contributed by atoms with Crippen molar-refractivity contribution >= 4 is 41.3 Å². The summed E-state index contributed by atoms with van der Waals surface area (Å²) in [5.74, 6) is 0.278. The number of nitrogen functional groups attached to an aromatic ring is 1. The molecule has 0 radical (unpaired) electrons. The van der Waals surface area contributed by atoms with Gasteiger partial charge in [0.05, 0.1) is 4.88 Å². The monoisotopic (exact) mass is 368 g/mol.